The molecule has 11 nitrogen and oxygen atoms in total. The Morgan fingerprint density at radius 1 is 1.29 bits per heavy atom. The molecule has 4 N–H and O–H groups in total. The van der Waals surface area contributed by atoms with Gasteiger partial charge in [-0.3, -0.25) is 4.79 Å². The zero-order chi connectivity index (χ0) is 25.1. The minimum atomic E-state index is -1.12. The third-order valence-corrected chi connectivity index (χ3v) is 8.36. The van der Waals surface area contributed by atoms with E-state index in [0.717, 1.165) is 33.8 Å². The zero-order valence-corrected chi connectivity index (χ0v) is 22.8. The summed E-state index contributed by atoms with van der Waals surface area (Å²) < 4.78 is 1.33. The molecule has 1 saturated heterocycles. The van der Waals surface area contributed by atoms with Crippen molar-refractivity contribution in [3.8, 4) is 0 Å². The Morgan fingerprint density at radius 3 is 2.71 bits per heavy atom. The number of amides is 1. The van der Waals surface area contributed by atoms with Gasteiger partial charge in [-0.2, -0.15) is 5.10 Å². The highest BCUT2D eigenvalue weighted by atomic mass is 127. The Balaban J connectivity index is 1.55. The number of carbonyl (C=O) groups is 2. The summed E-state index contributed by atoms with van der Waals surface area (Å²) in [7, 11) is 0. The van der Waals surface area contributed by atoms with Crippen LogP contribution >= 0.6 is 33.9 Å². The third-order valence-electron chi connectivity index (χ3n) is 6.33. The van der Waals surface area contributed by atoms with Crippen molar-refractivity contribution in [3.63, 3.8) is 0 Å². The molecular weight excluding hydrogens is 583 g/mol. The van der Waals surface area contributed by atoms with Crippen LogP contribution in [-0.4, -0.2) is 73.3 Å². The number of aryl methyl sites for hydroxylation is 1. The lowest BCUT2D eigenvalue weighted by molar-refractivity contribution is 0.0691. The van der Waals surface area contributed by atoms with Gasteiger partial charge in [0.05, 0.1) is 10.9 Å². The molecule has 13 heteroatoms. The SMILES string of the molecule is CCc1[nH]c(C(=O)N[C@@H]2CCN(c3nc4cnnc(C(=O)O)c4s3)C[C@@H]2NC(CC)CC)nc1I. The van der Waals surface area contributed by atoms with Gasteiger partial charge in [0.25, 0.3) is 5.91 Å². The van der Waals surface area contributed by atoms with Gasteiger partial charge < -0.3 is 25.6 Å². The number of anilines is 1. The van der Waals surface area contributed by atoms with Crippen molar-refractivity contribution in [1.82, 2.24) is 35.8 Å². The van der Waals surface area contributed by atoms with E-state index in [1.54, 1.807) is 0 Å². The first-order valence-corrected chi connectivity index (χ1v) is 13.7. The molecule has 1 fully saturated rings. The zero-order valence-electron chi connectivity index (χ0n) is 19.8. The lowest BCUT2D eigenvalue weighted by Gasteiger charge is -2.40. The van der Waals surface area contributed by atoms with E-state index >= 15 is 0 Å². The number of nitrogens with one attached hydrogen (secondary N) is 3. The van der Waals surface area contributed by atoms with Gasteiger partial charge in [-0.15, -0.1) is 5.10 Å². The van der Waals surface area contributed by atoms with E-state index in [2.05, 4.69) is 77.1 Å². The van der Waals surface area contributed by atoms with Crippen molar-refractivity contribution < 1.29 is 14.7 Å². The van der Waals surface area contributed by atoms with Crippen LogP contribution in [0.3, 0.4) is 0 Å². The monoisotopic (exact) mass is 612 g/mol. The summed E-state index contributed by atoms with van der Waals surface area (Å²) in [5.41, 5.74) is 1.40. The van der Waals surface area contributed by atoms with Crippen molar-refractivity contribution in [1.29, 1.82) is 0 Å². The maximum absolute atomic E-state index is 13.0. The summed E-state index contributed by atoms with van der Waals surface area (Å²) in [6.45, 7) is 7.61. The molecule has 188 valence electrons. The van der Waals surface area contributed by atoms with Gasteiger partial charge in [0.2, 0.25) is 0 Å². The molecule has 3 aromatic rings. The molecule has 1 aliphatic rings. The quantitative estimate of drug-likeness (QED) is 0.268. The van der Waals surface area contributed by atoms with E-state index in [0.29, 0.717) is 41.6 Å². The number of H-pyrrole nitrogens is 1. The van der Waals surface area contributed by atoms with Crippen molar-refractivity contribution in [2.45, 2.75) is 64.6 Å². The minimum Gasteiger partial charge on any atom is -0.476 e. The number of aromatic nitrogens is 5. The average molecular weight is 612 g/mol. The number of aromatic carboxylic acids is 1. The van der Waals surface area contributed by atoms with Crippen molar-refractivity contribution >= 4 is 61.2 Å². The first-order chi connectivity index (χ1) is 16.8. The number of thiazole rings is 1. The molecule has 35 heavy (non-hydrogen) atoms. The summed E-state index contributed by atoms with van der Waals surface area (Å²) in [5, 5.41) is 24.6. The van der Waals surface area contributed by atoms with Crippen LogP contribution in [-0.2, 0) is 6.42 Å². The number of rotatable bonds is 9. The van der Waals surface area contributed by atoms with E-state index < -0.39 is 5.97 Å². The third kappa shape index (κ3) is 5.56. The van der Waals surface area contributed by atoms with Gasteiger partial charge in [-0.25, -0.2) is 14.8 Å². The Labute approximate surface area is 220 Å². The fraction of sp³-hybridized carbons (Fsp3) is 0.545. The number of imidazole rings is 1. The predicted octanol–water partition coefficient (Wildman–Crippen LogP) is 2.83. The molecular formula is C22H29IN8O3S. The molecule has 2 atom stereocenters. The van der Waals surface area contributed by atoms with Crippen LogP contribution in [0.2, 0.25) is 0 Å². The number of piperidine rings is 1. The maximum Gasteiger partial charge on any atom is 0.358 e. The van der Waals surface area contributed by atoms with Crippen LogP contribution < -0.4 is 15.5 Å². The summed E-state index contributed by atoms with van der Waals surface area (Å²) in [5.74, 6) is -0.991. The average Bonchev–Trinajstić information content (AvgIpc) is 3.46. The summed E-state index contributed by atoms with van der Waals surface area (Å²) in [4.78, 5) is 38.9. The van der Waals surface area contributed by atoms with Crippen LogP contribution in [0.5, 0.6) is 0 Å². The molecule has 0 radical (unpaired) electrons. The van der Waals surface area contributed by atoms with E-state index in [4.69, 9.17) is 0 Å². The molecule has 0 unspecified atom stereocenters. The van der Waals surface area contributed by atoms with Crippen LogP contribution in [0.4, 0.5) is 5.13 Å². The van der Waals surface area contributed by atoms with Crippen LogP contribution in [0.25, 0.3) is 10.2 Å². The van der Waals surface area contributed by atoms with Gasteiger partial charge in [0.15, 0.2) is 16.6 Å². The van der Waals surface area contributed by atoms with Gasteiger partial charge in [-0.1, -0.05) is 32.1 Å². The fourth-order valence-electron chi connectivity index (χ4n) is 4.30. The highest BCUT2D eigenvalue weighted by Crippen LogP contribution is 2.32. The molecule has 0 aliphatic carbocycles. The molecule has 4 heterocycles. The molecule has 0 spiro atoms. The topological polar surface area (TPSA) is 149 Å². The normalized spacial score (nSPS) is 18.4. The lowest BCUT2D eigenvalue weighted by Crippen LogP contribution is -2.61. The Kier molecular flexibility index (Phi) is 8.16. The predicted molar refractivity (Wildman–Crippen MR) is 142 cm³/mol. The number of hydrogen-bond acceptors (Lipinski definition) is 9. The standard InChI is InChI=1S/C22H29IN8O3S/c1-4-11(5-2)25-15-10-31(22-28-14-9-24-30-16(21(33)34)17(14)35-22)8-7-13(15)27-20(32)19-26-12(6-3)18(23)29-19/h9,11,13,15,25H,4-8,10H2,1-3H3,(H,26,29)(H,27,32)(H,33,34)/t13-,15+/m1/s1. The number of carbonyl (C=O) groups excluding carboxylic acids is 1. The maximum atomic E-state index is 13.0. The first kappa shape index (κ1) is 25.7. The van der Waals surface area contributed by atoms with Crippen molar-refractivity contribution in [2.75, 3.05) is 18.0 Å². The van der Waals surface area contributed by atoms with Crippen LogP contribution in [0.15, 0.2) is 6.20 Å². The van der Waals surface area contributed by atoms with Crippen molar-refractivity contribution in [3.05, 3.63) is 27.1 Å². The van der Waals surface area contributed by atoms with Crippen LogP contribution in [0.1, 0.15) is 66.8 Å². The summed E-state index contributed by atoms with van der Waals surface area (Å²) in [6, 6.07) is 0.219. The van der Waals surface area contributed by atoms with Gasteiger partial charge >= 0.3 is 5.97 Å². The second-order valence-corrected chi connectivity index (χ2v) is 10.5. The number of nitrogens with zero attached hydrogens (tertiary/aromatic N) is 5. The smallest absolute Gasteiger partial charge is 0.358 e. The second-order valence-electron chi connectivity index (χ2n) is 8.52. The fourth-order valence-corrected chi connectivity index (χ4v) is 6.11. The molecule has 1 amide bonds. The van der Waals surface area contributed by atoms with E-state index in [-0.39, 0.29) is 23.7 Å². The first-order valence-electron chi connectivity index (χ1n) is 11.8. The number of fused-ring (bicyclic) bond motifs is 1. The highest BCUT2D eigenvalue weighted by molar-refractivity contribution is 14.1. The van der Waals surface area contributed by atoms with Gasteiger partial charge in [0, 0.05) is 36.9 Å². The number of carboxylic acid groups (broad SMARTS) is 1. The molecule has 1 aliphatic heterocycles. The van der Waals surface area contributed by atoms with Crippen molar-refractivity contribution in [2.24, 2.45) is 0 Å². The van der Waals surface area contributed by atoms with Gasteiger partial charge in [-0.05, 0) is 48.3 Å². The number of halogens is 1. The molecule has 4 rings (SSSR count). The van der Waals surface area contributed by atoms with E-state index in [9.17, 15) is 14.7 Å². The molecule has 0 saturated carbocycles. The van der Waals surface area contributed by atoms with Gasteiger partial charge in [0.1, 0.15) is 9.22 Å². The highest BCUT2D eigenvalue weighted by Gasteiger charge is 2.33. The lowest BCUT2D eigenvalue weighted by atomic mass is 9.97. The number of aromatic amines is 1. The number of hydrogen-bond donors (Lipinski definition) is 4. The minimum absolute atomic E-state index is 0.0144. The molecule has 3 aromatic heterocycles. The largest absolute Gasteiger partial charge is 0.476 e. The Bertz CT molecular complexity index is 1210. The molecule has 0 aromatic carbocycles. The summed E-state index contributed by atoms with van der Waals surface area (Å²) in [6.07, 6.45) is 4.94. The summed E-state index contributed by atoms with van der Waals surface area (Å²) >= 11 is 3.45. The number of carboxylic acids is 1. The second kappa shape index (κ2) is 11.1. The van der Waals surface area contributed by atoms with E-state index in [1.807, 2.05) is 6.92 Å². The molecule has 0 bridgehead atoms. The Morgan fingerprint density at radius 2 is 2.06 bits per heavy atom. The van der Waals surface area contributed by atoms with E-state index in [1.165, 1.54) is 17.5 Å². The Hall–Kier alpha value is -2.39. The van der Waals surface area contributed by atoms with Crippen LogP contribution in [0, 0.1) is 3.70 Å².